The van der Waals surface area contributed by atoms with Gasteiger partial charge in [0.05, 0.1) is 11.3 Å². The van der Waals surface area contributed by atoms with E-state index in [1.807, 2.05) is 43.3 Å². The fourth-order valence-corrected chi connectivity index (χ4v) is 3.12. The Labute approximate surface area is 137 Å². The van der Waals surface area contributed by atoms with Crippen LogP contribution in [0.1, 0.15) is 37.4 Å². The second-order valence-electron chi connectivity index (χ2n) is 5.32. The summed E-state index contributed by atoms with van der Waals surface area (Å²) in [5, 5.41) is 3.10. The number of hydrogen-bond acceptors (Lipinski definition) is 2. The van der Waals surface area contributed by atoms with Crippen molar-refractivity contribution in [3.05, 3.63) is 71.8 Å². The van der Waals surface area contributed by atoms with Crippen LogP contribution in [0, 0.1) is 0 Å². The Morgan fingerprint density at radius 1 is 1.05 bits per heavy atom. The highest BCUT2D eigenvalue weighted by atomic mass is 32.2. The van der Waals surface area contributed by atoms with Gasteiger partial charge >= 0.3 is 0 Å². The summed E-state index contributed by atoms with van der Waals surface area (Å²) in [6.45, 7) is 4.07. The molecule has 2 atom stereocenters. The quantitative estimate of drug-likeness (QED) is 0.811. The first-order valence-electron chi connectivity index (χ1n) is 7.71. The smallest absolute Gasteiger partial charge is 0.233 e. The molecular formula is C19H23NOS. The molecule has 1 amide bonds. The van der Waals surface area contributed by atoms with E-state index >= 15 is 0 Å². The lowest BCUT2D eigenvalue weighted by Gasteiger charge is -2.20. The van der Waals surface area contributed by atoms with Gasteiger partial charge in [-0.05, 0) is 24.5 Å². The van der Waals surface area contributed by atoms with Gasteiger partial charge in [-0.25, -0.2) is 0 Å². The number of amides is 1. The van der Waals surface area contributed by atoms with Crippen molar-refractivity contribution in [1.82, 2.24) is 5.32 Å². The fourth-order valence-electron chi connectivity index (χ4n) is 2.27. The number of rotatable bonds is 7. The minimum Gasteiger partial charge on any atom is -0.348 e. The molecule has 2 nitrogen and oxygen atoms in total. The molecule has 0 fully saturated rings. The van der Waals surface area contributed by atoms with Gasteiger partial charge in [0.25, 0.3) is 0 Å². The predicted molar refractivity (Wildman–Crippen MR) is 94.8 cm³/mol. The number of thioether (sulfide) groups is 1. The summed E-state index contributed by atoms with van der Waals surface area (Å²) < 4.78 is 0. The molecule has 2 rings (SSSR count). The third kappa shape index (κ3) is 4.92. The molecule has 0 saturated heterocycles. The van der Waals surface area contributed by atoms with Crippen LogP contribution >= 0.6 is 11.8 Å². The second kappa shape index (κ2) is 8.64. The fraction of sp³-hybridized carbons (Fsp3) is 0.316. The molecule has 0 aromatic heterocycles. The van der Waals surface area contributed by atoms with Crippen molar-refractivity contribution in [1.29, 1.82) is 0 Å². The average Bonchev–Trinajstić information content (AvgIpc) is 2.59. The number of nitrogens with one attached hydrogen (secondary N) is 1. The Morgan fingerprint density at radius 2 is 1.64 bits per heavy atom. The number of benzene rings is 2. The van der Waals surface area contributed by atoms with Crippen LogP contribution in [-0.4, -0.2) is 11.2 Å². The van der Waals surface area contributed by atoms with Crippen molar-refractivity contribution >= 4 is 17.7 Å². The van der Waals surface area contributed by atoms with Crippen molar-refractivity contribution in [3.8, 4) is 0 Å². The molecule has 0 aliphatic heterocycles. The maximum atomic E-state index is 12.4. The molecule has 0 heterocycles. The van der Waals surface area contributed by atoms with E-state index in [2.05, 4.69) is 36.5 Å². The van der Waals surface area contributed by atoms with Crippen LogP contribution in [0.15, 0.2) is 60.7 Å². The molecule has 2 aromatic rings. The zero-order valence-corrected chi connectivity index (χ0v) is 14.0. The van der Waals surface area contributed by atoms with Gasteiger partial charge in [0.15, 0.2) is 0 Å². The van der Waals surface area contributed by atoms with Crippen LogP contribution < -0.4 is 5.32 Å². The van der Waals surface area contributed by atoms with E-state index in [4.69, 9.17) is 0 Å². The highest BCUT2D eigenvalue weighted by molar-refractivity contribution is 7.99. The molecule has 1 N–H and O–H groups in total. The highest BCUT2D eigenvalue weighted by Gasteiger charge is 2.18. The first-order valence-corrected chi connectivity index (χ1v) is 8.76. The second-order valence-corrected chi connectivity index (χ2v) is 6.65. The molecular weight excluding hydrogens is 290 g/mol. The molecule has 0 aliphatic rings. The SMILES string of the molecule is CC[C@H](NC(=O)[C@@H](C)SCc1ccccc1)c1ccccc1. The summed E-state index contributed by atoms with van der Waals surface area (Å²) in [6, 6.07) is 20.5. The number of carbonyl (C=O) groups is 1. The van der Waals surface area contributed by atoms with Crippen molar-refractivity contribution in [2.45, 2.75) is 37.3 Å². The summed E-state index contributed by atoms with van der Waals surface area (Å²) in [6.07, 6.45) is 0.895. The molecule has 3 heteroatoms. The summed E-state index contributed by atoms with van der Waals surface area (Å²) in [5.74, 6) is 0.967. The van der Waals surface area contributed by atoms with Crippen molar-refractivity contribution < 1.29 is 4.79 Å². The Morgan fingerprint density at radius 3 is 2.23 bits per heavy atom. The number of hydrogen-bond donors (Lipinski definition) is 1. The van der Waals surface area contributed by atoms with E-state index in [1.165, 1.54) is 11.1 Å². The van der Waals surface area contributed by atoms with Gasteiger partial charge in [0.1, 0.15) is 0 Å². The van der Waals surface area contributed by atoms with E-state index in [9.17, 15) is 4.79 Å². The lowest BCUT2D eigenvalue weighted by atomic mass is 10.0. The third-order valence-corrected chi connectivity index (χ3v) is 4.85. The molecule has 0 aliphatic carbocycles. The largest absolute Gasteiger partial charge is 0.348 e. The van der Waals surface area contributed by atoms with Gasteiger partial charge in [0, 0.05) is 5.75 Å². The summed E-state index contributed by atoms with van der Waals surface area (Å²) >= 11 is 1.67. The average molecular weight is 313 g/mol. The molecule has 2 aromatic carbocycles. The normalized spacial score (nSPS) is 13.4. The van der Waals surface area contributed by atoms with Crippen LogP contribution in [0.25, 0.3) is 0 Å². The summed E-state index contributed by atoms with van der Waals surface area (Å²) in [5.41, 5.74) is 2.42. The van der Waals surface area contributed by atoms with Crippen molar-refractivity contribution in [2.75, 3.05) is 0 Å². The van der Waals surface area contributed by atoms with Gasteiger partial charge in [-0.15, -0.1) is 11.8 Å². The van der Waals surface area contributed by atoms with Gasteiger partial charge in [-0.3, -0.25) is 4.79 Å². The molecule has 0 radical (unpaired) electrons. The topological polar surface area (TPSA) is 29.1 Å². The van der Waals surface area contributed by atoms with Gasteiger partial charge in [-0.1, -0.05) is 67.6 Å². The van der Waals surface area contributed by atoms with E-state index in [0.717, 1.165) is 12.2 Å². The lowest BCUT2D eigenvalue weighted by molar-refractivity contribution is -0.121. The van der Waals surface area contributed by atoms with Gasteiger partial charge in [-0.2, -0.15) is 0 Å². The first-order chi connectivity index (χ1) is 10.7. The minimum absolute atomic E-state index is 0.0574. The summed E-state index contributed by atoms with van der Waals surface area (Å²) in [4.78, 5) is 12.4. The lowest BCUT2D eigenvalue weighted by Crippen LogP contribution is -2.34. The Kier molecular flexibility index (Phi) is 6.53. The predicted octanol–water partition coefficient (Wildman–Crippen LogP) is 4.58. The molecule has 0 saturated carbocycles. The molecule has 0 unspecified atom stereocenters. The molecule has 116 valence electrons. The standard InChI is InChI=1S/C19H23NOS/c1-3-18(17-12-8-5-9-13-17)20-19(21)15(2)22-14-16-10-6-4-7-11-16/h4-13,15,18H,3,14H2,1-2H3,(H,20,21)/t15-,18+/m1/s1. The van der Waals surface area contributed by atoms with Crippen LogP contribution in [0.5, 0.6) is 0 Å². The van der Waals surface area contributed by atoms with E-state index in [0.29, 0.717) is 0 Å². The van der Waals surface area contributed by atoms with E-state index in [-0.39, 0.29) is 17.2 Å². The first kappa shape index (κ1) is 16.6. The number of carbonyl (C=O) groups excluding carboxylic acids is 1. The maximum Gasteiger partial charge on any atom is 0.233 e. The van der Waals surface area contributed by atoms with Crippen molar-refractivity contribution in [3.63, 3.8) is 0 Å². The molecule has 0 bridgehead atoms. The Balaban J connectivity index is 1.87. The highest BCUT2D eigenvalue weighted by Crippen LogP contribution is 2.20. The van der Waals surface area contributed by atoms with Crippen LogP contribution in [0.3, 0.4) is 0 Å². The van der Waals surface area contributed by atoms with Gasteiger partial charge < -0.3 is 5.32 Å². The van der Waals surface area contributed by atoms with Crippen LogP contribution in [0.4, 0.5) is 0 Å². The zero-order chi connectivity index (χ0) is 15.8. The van der Waals surface area contributed by atoms with E-state index in [1.54, 1.807) is 11.8 Å². The molecule has 22 heavy (non-hydrogen) atoms. The van der Waals surface area contributed by atoms with Gasteiger partial charge in [0.2, 0.25) is 5.91 Å². The Hall–Kier alpha value is -1.74. The van der Waals surface area contributed by atoms with Crippen molar-refractivity contribution in [2.24, 2.45) is 0 Å². The minimum atomic E-state index is -0.0574. The molecule has 0 spiro atoms. The van der Waals surface area contributed by atoms with Crippen LogP contribution in [-0.2, 0) is 10.5 Å². The van der Waals surface area contributed by atoms with Crippen LogP contribution in [0.2, 0.25) is 0 Å². The Bertz CT molecular complexity index is 571. The summed E-state index contributed by atoms with van der Waals surface area (Å²) in [7, 11) is 0. The monoisotopic (exact) mass is 313 g/mol. The zero-order valence-electron chi connectivity index (χ0n) is 13.2. The van der Waals surface area contributed by atoms with E-state index < -0.39 is 0 Å². The maximum absolute atomic E-state index is 12.4. The third-order valence-electron chi connectivity index (χ3n) is 3.64.